The zero-order valence-corrected chi connectivity index (χ0v) is 7.93. The lowest BCUT2D eigenvalue weighted by Gasteiger charge is -2.18. The molecule has 0 saturated carbocycles. The van der Waals surface area contributed by atoms with Crippen molar-refractivity contribution in [1.29, 1.82) is 0 Å². The molecule has 1 unspecified atom stereocenters. The Bertz CT molecular complexity index is 289. The van der Waals surface area contributed by atoms with Crippen LogP contribution in [0.4, 0.5) is 0 Å². The molecule has 1 aliphatic heterocycles. The number of nitrogens with zero attached hydrogens (tertiary/aromatic N) is 1. The molecule has 5 nitrogen and oxygen atoms in total. The largest absolute Gasteiger partial charge is 0.475 e. The van der Waals surface area contributed by atoms with Crippen LogP contribution in [0.15, 0.2) is 4.99 Å². The molecule has 0 spiro atoms. The fraction of sp³-hybridized carbons (Fsp3) is 0.571. The van der Waals surface area contributed by atoms with Gasteiger partial charge >= 0.3 is 5.97 Å². The first-order chi connectivity index (χ1) is 6.02. The van der Waals surface area contributed by atoms with Crippen LogP contribution in [0.3, 0.4) is 0 Å². The van der Waals surface area contributed by atoms with E-state index in [-0.39, 0.29) is 5.17 Å². The van der Waals surface area contributed by atoms with Gasteiger partial charge in [0, 0.05) is 5.75 Å². The van der Waals surface area contributed by atoms with E-state index < -0.39 is 17.3 Å². The summed E-state index contributed by atoms with van der Waals surface area (Å²) in [7, 11) is 0. The van der Waals surface area contributed by atoms with Crippen molar-refractivity contribution in [3.8, 4) is 0 Å². The van der Waals surface area contributed by atoms with E-state index in [2.05, 4.69) is 4.99 Å². The molecule has 0 amide bonds. The Morgan fingerprint density at radius 2 is 2.38 bits per heavy atom. The first kappa shape index (κ1) is 10.0. The van der Waals surface area contributed by atoms with Crippen LogP contribution < -0.4 is 5.73 Å². The van der Waals surface area contributed by atoms with Gasteiger partial charge in [-0.15, -0.1) is 0 Å². The first-order valence-corrected chi connectivity index (χ1v) is 4.76. The highest BCUT2D eigenvalue weighted by molar-refractivity contribution is 8.14. The fourth-order valence-electron chi connectivity index (χ4n) is 1.13. The van der Waals surface area contributed by atoms with Crippen molar-refractivity contribution < 1.29 is 14.7 Å². The topological polar surface area (TPSA) is 92.8 Å². The molecule has 6 heteroatoms. The molecule has 0 bridgehead atoms. The van der Waals surface area contributed by atoms with Crippen molar-refractivity contribution in [2.45, 2.75) is 18.9 Å². The van der Waals surface area contributed by atoms with Crippen molar-refractivity contribution in [1.82, 2.24) is 0 Å². The lowest BCUT2D eigenvalue weighted by Crippen LogP contribution is -2.41. The van der Waals surface area contributed by atoms with Gasteiger partial charge in [-0.05, 0) is 6.42 Å². The molecule has 13 heavy (non-hydrogen) atoms. The molecule has 1 rings (SSSR count). The maximum absolute atomic E-state index is 11.3. The molecule has 0 saturated heterocycles. The van der Waals surface area contributed by atoms with Gasteiger partial charge in [0.15, 0.2) is 5.17 Å². The van der Waals surface area contributed by atoms with Gasteiger partial charge in [0.05, 0.1) is 0 Å². The Morgan fingerprint density at radius 1 is 1.77 bits per heavy atom. The molecule has 3 N–H and O–H groups in total. The van der Waals surface area contributed by atoms with Crippen LogP contribution >= 0.6 is 11.8 Å². The molecule has 1 atom stereocenters. The van der Waals surface area contributed by atoms with Crippen LogP contribution in [-0.2, 0) is 9.59 Å². The Balaban J connectivity index is 2.96. The number of hydrogen-bond acceptors (Lipinski definition) is 5. The average molecular weight is 202 g/mol. The van der Waals surface area contributed by atoms with Crippen LogP contribution in [-0.4, -0.2) is 33.3 Å². The lowest BCUT2D eigenvalue weighted by molar-refractivity contribution is -0.151. The molecule has 0 aromatic carbocycles. The van der Waals surface area contributed by atoms with Gasteiger partial charge in [0.1, 0.15) is 5.54 Å². The molecule has 0 aromatic heterocycles. The molecule has 72 valence electrons. The zero-order chi connectivity index (χ0) is 10.1. The highest BCUT2D eigenvalue weighted by Crippen LogP contribution is 2.30. The molecule has 1 heterocycles. The maximum atomic E-state index is 11.3. The standard InChI is InChI=1S/C7H10N2O3S/c1-2-7(4(10)5(11)12)3-13-6(8)9-7/h2-3H2,1H3,(H2,8,9)(H,11,12). The third kappa shape index (κ3) is 1.67. The van der Waals surface area contributed by atoms with Crippen LogP contribution in [0.5, 0.6) is 0 Å². The van der Waals surface area contributed by atoms with Crippen molar-refractivity contribution in [2.24, 2.45) is 10.7 Å². The average Bonchev–Trinajstić information content (AvgIpc) is 2.47. The van der Waals surface area contributed by atoms with E-state index in [0.29, 0.717) is 12.2 Å². The van der Waals surface area contributed by atoms with Gasteiger partial charge in [-0.1, -0.05) is 18.7 Å². The number of carboxylic acid groups (broad SMARTS) is 1. The number of aliphatic imine (C=N–C) groups is 1. The number of aliphatic carboxylic acids is 1. The number of rotatable bonds is 3. The number of thioether (sulfide) groups is 1. The van der Waals surface area contributed by atoms with Gasteiger partial charge in [-0.25, -0.2) is 9.79 Å². The Kier molecular flexibility index (Phi) is 2.60. The Labute approximate surface area is 79.4 Å². The predicted molar refractivity (Wildman–Crippen MR) is 49.7 cm³/mol. The minimum absolute atomic E-state index is 0.288. The number of hydrogen-bond donors (Lipinski definition) is 2. The Hall–Kier alpha value is -1.04. The summed E-state index contributed by atoms with van der Waals surface area (Å²) < 4.78 is 0. The molecule has 1 aliphatic rings. The number of carbonyl (C=O) groups is 2. The normalized spacial score (nSPS) is 27.0. The summed E-state index contributed by atoms with van der Waals surface area (Å²) in [6.45, 7) is 1.73. The van der Waals surface area contributed by atoms with E-state index in [0.717, 1.165) is 0 Å². The summed E-state index contributed by atoms with van der Waals surface area (Å²) in [5, 5.41) is 8.84. The summed E-state index contributed by atoms with van der Waals surface area (Å²) in [5.41, 5.74) is 4.27. The maximum Gasteiger partial charge on any atom is 0.374 e. The summed E-state index contributed by atoms with van der Waals surface area (Å²) >= 11 is 1.22. The summed E-state index contributed by atoms with van der Waals surface area (Å²) in [6, 6.07) is 0. The van der Waals surface area contributed by atoms with Crippen LogP contribution in [0, 0.1) is 0 Å². The highest BCUT2D eigenvalue weighted by atomic mass is 32.2. The molecule has 0 fully saturated rings. The molecule has 0 radical (unpaired) electrons. The minimum atomic E-state index is -1.44. The summed E-state index contributed by atoms with van der Waals surface area (Å²) in [5.74, 6) is -1.98. The summed E-state index contributed by atoms with van der Waals surface area (Å²) in [4.78, 5) is 25.6. The molecular formula is C7H10N2O3S. The predicted octanol–water partition coefficient (Wildman–Crippen LogP) is -0.150. The van der Waals surface area contributed by atoms with Crippen LogP contribution in [0.2, 0.25) is 0 Å². The number of carboxylic acids is 1. The minimum Gasteiger partial charge on any atom is -0.475 e. The van der Waals surface area contributed by atoms with Crippen molar-refractivity contribution in [2.75, 3.05) is 5.75 Å². The van der Waals surface area contributed by atoms with Gasteiger partial charge in [0.25, 0.3) is 5.78 Å². The smallest absolute Gasteiger partial charge is 0.374 e. The zero-order valence-electron chi connectivity index (χ0n) is 7.11. The number of nitrogens with two attached hydrogens (primary N) is 1. The molecule has 0 aromatic rings. The van der Waals surface area contributed by atoms with Gasteiger partial charge in [-0.2, -0.15) is 0 Å². The van der Waals surface area contributed by atoms with Crippen molar-refractivity contribution >= 4 is 28.7 Å². The van der Waals surface area contributed by atoms with Gasteiger partial charge in [-0.3, -0.25) is 4.79 Å². The van der Waals surface area contributed by atoms with E-state index >= 15 is 0 Å². The van der Waals surface area contributed by atoms with Crippen molar-refractivity contribution in [3.63, 3.8) is 0 Å². The highest BCUT2D eigenvalue weighted by Gasteiger charge is 2.44. The lowest BCUT2D eigenvalue weighted by atomic mass is 9.94. The van der Waals surface area contributed by atoms with E-state index in [1.165, 1.54) is 11.8 Å². The monoisotopic (exact) mass is 202 g/mol. The SMILES string of the molecule is CCC1(C(=O)C(=O)O)CSC(N)=N1. The van der Waals surface area contributed by atoms with E-state index in [1.807, 2.05) is 0 Å². The first-order valence-electron chi connectivity index (χ1n) is 3.77. The van der Waals surface area contributed by atoms with E-state index in [1.54, 1.807) is 6.92 Å². The third-order valence-corrected chi connectivity index (χ3v) is 2.99. The second-order valence-electron chi connectivity index (χ2n) is 2.76. The number of Topliss-reactive ketones (excluding diaryl/α,β-unsaturated/α-hetero) is 1. The number of carbonyl (C=O) groups excluding carboxylic acids is 1. The van der Waals surface area contributed by atoms with Gasteiger partial charge in [0.2, 0.25) is 0 Å². The second-order valence-corrected chi connectivity index (χ2v) is 3.75. The summed E-state index contributed by atoms with van der Waals surface area (Å²) in [6.07, 6.45) is 0.367. The Morgan fingerprint density at radius 3 is 2.69 bits per heavy atom. The van der Waals surface area contributed by atoms with Crippen LogP contribution in [0.25, 0.3) is 0 Å². The second kappa shape index (κ2) is 3.37. The number of ketones is 1. The number of amidine groups is 1. The van der Waals surface area contributed by atoms with Crippen molar-refractivity contribution in [3.05, 3.63) is 0 Å². The quantitative estimate of drug-likeness (QED) is 0.621. The third-order valence-electron chi connectivity index (χ3n) is 1.98. The van der Waals surface area contributed by atoms with Gasteiger partial charge < -0.3 is 10.8 Å². The van der Waals surface area contributed by atoms with E-state index in [4.69, 9.17) is 10.8 Å². The molecule has 0 aliphatic carbocycles. The van der Waals surface area contributed by atoms with E-state index in [9.17, 15) is 9.59 Å². The molecular weight excluding hydrogens is 192 g/mol. The van der Waals surface area contributed by atoms with Crippen LogP contribution in [0.1, 0.15) is 13.3 Å². The fourth-order valence-corrected chi connectivity index (χ4v) is 2.15.